The Hall–Kier alpha value is -2.60. The van der Waals surface area contributed by atoms with Crippen molar-refractivity contribution < 1.29 is 18.4 Å². The molecule has 0 aliphatic rings. The summed E-state index contributed by atoms with van der Waals surface area (Å²) in [4.78, 5) is 26.6. The molecule has 0 heterocycles. The lowest BCUT2D eigenvalue weighted by Gasteiger charge is -2.21. The second-order valence-corrected chi connectivity index (χ2v) is 5.98. The number of rotatable bonds is 8. The number of nitrogens with two attached hydrogens (primary N) is 1. The third-order valence-electron chi connectivity index (χ3n) is 4.01. The molecule has 138 valence electrons. The topological polar surface area (TPSA) is 63.4 Å². The molecule has 2 amide bonds. The molecule has 0 bridgehead atoms. The van der Waals surface area contributed by atoms with E-state index in [1.54, 1.807) is 0 Å². The molecule has 0 fully saturated rings. The van der Waals surface area contributed by atoms with Gasteiger partial charge in [0.05, 0.1) is 0 Å². The summed E-state index contributed by atoms with van der Waals surface area (Å²) in [5.41, 5.74) is 5.92. The molecule has 0 radical (unpaired) electrons. The molecule has 2 N–H and O–H groups in total. The third kappa shape index (κ3) is 5.46. The Bertz CT molecular complexity index is 673. The Labute approximate surface area is 151 Å². The zero-order valence-corrected chi connectivity index (χ0v) is 14.5. The van der Waals surface area contributed by atoms with Gasteiger partial charge in [-0.05, 0) is 67.9 Å². The number of carbonyl (C=O) groups excluding carboxylic acids is 2. The van der Waals surface area contributed by atoms with Crippen LogP contribution < -0.4 is 5.73 Å². The molecule has 0 unspecified atom stereocenters. The van der Waals surface area contributed by atoms with Crippen LogP contribution in [0.25, 0.3) is 0 Å². The molecule has 6 heteroatoms. The van der Waals surface area contributed by atoms with Crippen LogP contribution in [-0.4, -0.2) is 29.8 Å². The minimum Gasteiger partial charge on any atom is -0.330 e. The Morgan fingerprint density at radius 3 is 1.58 bits per heavy atom. The number of imide groups is 1. The highest BCUT2D eigenvalue weighted by atomic mass is 19.1. The summed E-state index contributed by atoms with van der Waals surface area (Å²) in [6.45, 7) is 0.837. The van der Waals surface area contributed by atoms with E-state index in [4.69, 9.17) is 5.73 Å². The second-order valence-electron chi connectivity index (χ2n) is 5.98. The summed E-state index contributed by atoms with van der Waals surface area (Å²) in [5.74, 6) is -1.92. The van der Waals surface area contributed by atoms with E-state index in [9.17, 15) is 18.4 Å². The van der Waals surface area contributed by atoms with Crippen molar-refractivity contribution in [2.24, 2.45) is 5.73 Å². The predicted octanol–water partition coefficient (Wildman–Crippen LogP) is 3.77. The lowest BCUT2D eigenvalue weighted by Crippen LogP contribution is -2.37. The lowest BCUT2D eigenvalue weighted by molar-refractivity contribution is 0.0613. The zero-order valence-electron chi connectivity index (χ0n) is 14.5. The van der Waals surface area contributed by atoms with E-state index in [0.717, 1.165) is 24.2 Å². The van der Waals surface area contributed by atoms with E-state index >= 15 is 0 Å². The third-order valence-corrected chi connectivity index (χ3v) is 4.01. The van der Waals surface area contributed by atoms with Crippen LogP contribution in [0.2, 0.25) is 0 Å². The molecule has 0 aliphatic heterocycles. The normalized spacial score (nSPS) is 10.6. The van der Waals surface area contributed by atoms with E-state index in [0.29, 0.717) is 13.0 Å². The lowest BCUT2D eigenvalue weighted by atomic mass is 10.1. The highest BCUT2D eigenvalue weighted by Crippen LogP contribution is 2.14. The van der Waals surface area contributed by atoms with Gasteiger partial charge in [0.25, 0.3) is 11.8 Å². The maximum atomic E-state index is 13.1. The van der Waals surface area contributed by atoms with Gasteiger partial charge in [-0.15, -0.1) is 0 Å². The summed E-state index contributed by atoms with van der Waals surface area (Å²) in [5, 5.41) is 0. The molecule has 2 aromatic rings. The fourth-order valence-electron chi connectivity index (χ4n) is 2.56. The molecule has 0 saturated heterocycles. The van der Waals surface area contributed by atoms with Crippen LogP contribution in [0.1, 0.15) is 46.4 Å². The predicted molar refractivity (Wildman–Crippen MR) is 95.7 cm³/mol. The van der Waals surface area contributed by atoms with Crippen molar-refractivity contribution in [3.05, 3.63) is 71.3 Å². The number of unbranched alkanes of at least 4 members (excludes halogenated alkanes) is 3. The van der Waals surface area contributed by atoms with Crippen LogP contribution in [-0.2, 0) is 0 Å². The summed E-state index contributed by atoms with van der Waals surface area (Å²) < 4.78 is 26.2. The Morgan fingerprint density at radius 2 is 1.15 bits per heavy atom. The molecule has 26 heavy (non-hydrogen) atoms. The highest BCUT2D eigenvalue weighted by molar-refractivity contribution is 6.10. The molecule has 2 rings (SSSR count). The minimum absolute atomic E-state index is 0.226. The van der Waals surface area contributed by atoms with Crippen LogP contribution in [0.5, 0.6) is 0 Å². The zero-order chi connectivity index (χ0) is 18.9. The van der Waals surface area contributed by atoms with Gasteiger partial charge < -0.3 is 5.73 Å². The van der Waals surface area contributed by atoms with Crippen molar-refractivity contribution in [3.63, 3.8) is 0 Å². The smallest absolute Gasteiger partial charge is 0.260 e. The van der Waals surface area contributed by atoms with E-state index in [1.165, 1.54) is 48.5 Å². The van der Waals surface area contributed by atoms with E-state index in [2.05, 4.69) is 0 Å². The monoisotopic (exact) mass is 360 g/mol. The van der Waals surface area contributed by atoms with E-state index in [-0.39, 0.29) is 17.7 Å². The maximum absolute atomic E-state index is 13.1. The molecule has 0 aliphatic carbocycles. The van der Waals surface area contributed by atoms with Gasteiger partial charge in [0, 0.05) is 17.7 Å². The molecule has 0 atom stereocenters. The molecular formula is C20H22F2N2O2. The first-order valence-corrected chi connectivity index (χ1v) is 8.60. The fourth-order valence-corrected chi connectivity index (χ4v) is 2.56. The van der Waals surface area contributed by atoms with Crippen molar-refractivity contribution in [3.8, 4) is 0 Å². The summed E-state index contributed by atoms with van der Waals surface area (Å²) in [6, 6.07) is 10.1. The SMILES string of the molecule is NCCCCCCN(C(=O)c1ccc(F)cc1)C(=O)c1ccc(F)cc1. The average Bonchev–Trinajstić information content (AvgIpc) is 2.65. The van der Waals surface area contributed by atoms with Crippen molar-refractivity contribution in [2.75, 3.05) is 13.1 Å². The van der Waals surface area contributed by atoms with Gasteiger partial charge in [0.2, 0.25) is 0 Å². The Morgan fingerprint density at radius 1 is 0.731 bits per heavy atom. The first kappa shape index (κ1) is 19.7. The van der Waals surface area contributed by atoms with Gasteiger partial charge in [-0.25, -0.2) is 8.78 Å². The van der Waals surface area contributed by atoms with Crippen molar-refractivity contribution in [1.82, 2.24) is 4.90 Å². The van der Waals surface area contributed by atoms with Gasteiger partial charge in [-0.2, -0.15) is 0 Å². The van der Waals surface area contributed by atoms with Gasteiger partial charge in [0.15, 0.2) is 0 Å². The summed E-state index contributed by atoms with van der Waals surface area (Å²) >= 11 is 0. The molecule has 2 aromatic carbocycles. The van der Waals surface area contributed by atoms with Gasteiger partial charge >= 0.3 is 0 Å². The van der Waals surface area contributed by atoms with Crippen LogP contribution in [0.3, 0.4) is 0 Å². The number of nitrogens with zero attached hydrogens (tertiary/aromatic N) is 1. The van der Waals surface area contributed by atoms with Crippen LogP contribution in [0, 0.1) is 11.6 Å². The Balaban J connectivity index is 2.17. The first-order chi connectivity index (χ1) is 12.5. The summed E-state index contributed by atoms with van der Waals surface area (Å²) in [6.07, 6.45) is 3.28. The van der Waals surface area contributed by atoms with Crippen molar-refractivity contribution in [2.45, 2.75) is 25.7 Å². The molecule has 0 spiro atoms. The number of amides is 2. The second kappa shape index (κ2) is 9.77. The number of hydrogen-bond donors (Lipinski definition) is 1. The van der Waals surface area contributed by atoms with Crippen LogP contribution in [0.4, 0.5) is 8.78 Å². The van der Waals surface area contributed by atoms with E-state index in [1.807, 2.05) is 0 Å². The van der Waals surface area contributed by atoms with Gasteiger partial charge in [-0.3, -0.25) is 14.5 Å². The van der Waals surface area contributed by atoms with Gasteiger partial charge in [0.1, 0.15) is 11.6 Å². The largest absolute Gasteiger partial charge is 0.330 e. The maximum Gasteiger partial charge on any atom is 0.260 e. The first-order valence-electron chi connectivity index (χ1n) is 8.60. The number of carbonyl (C=O) groups is 2. The Kier molecular flexibility index (Phi) is 7.41. The average molecular weight is 360 g/mol. The summed E-state index contributed by atoms with van der Waals surface area (Å²) in [7, 11) is 0. The molecule has 0 saturated carbocycles. The fraction of sp³-hybridized carbons (Fsp3) is 0.300. The number of hydrogen-bond acceptors (Lipinski definition) is 3. The highest BCUT2D eigenvalue weighted by Gasteiger charge is 2.23. The molecule has 4 nitrogen and oxygen atoms in total. The van der Waals surface area contributed by atoms with Crippen LogP contribution in [0.15, 0.2) is 48.5 Å². The van der Waals surface area contributed by atoms with Crippen molar-refractivity contribution >= 4 is 11.8 Å². The molecular weight excluding hydrogens is 338 g/mol. The van der Waals surface area contributed by atoms with Crippen LogP contribution >= 0.6 is 0 Å². The quantitative estimate of drug-likeness (QED) is 0.576. The minimum atomic E-state index is -0.502. The molecule has 0 aromatic heterocycles. The number of halogens is 2. The number of benzene rings is 2. The van der Waals surface area contributed by atoms with Crippen molar-refractivity contribution in [1.29, 1.82) is 0 Å². The standard InChI is InChI=1S/C20H22F2N2O2/c21-17-9-5-15(6-10-17)19(25)24(14-4-2-1-3-13-23)20(26)16-7-11-18(22)12-8-16/h5-12H,1-4,13-14,23H2. The van der Waals surface area contributed by atoms with E-state index < -0.39 is 23.4 Å². The van der Waals surface area contributed by atoms with Gasteiger partial charge in [-0.1, -0.05) is 12.8 Å².